The van der Waals surface area contributed by atoms with Crippen LogP contribution in [0.15, 0.2) is 49.2 Å². The molecule has 0 radical (unpaired) electrons. The van der Waals surface area contributed by atoms with Gasteiger partial charge in [-0.3, -0.25) is 4.99 Å². The molecule has 1 heterocycles. The van der Waals surface area contributed by atoms with E-state index in [4.69, 9.17) is 26.5 Å². The smallest absolute Gasteiger partial charge is 0.356 e. The van der Waals surface area contributed by atoms with Crippen LogP contribution in [-0.4, -0.2) is 18.9 Å². The highest BCUT2D eigenvalue weighted by Gasteiger charge is 2.27. The van der Waals surface area contributed by atoms with Crippen LogP contribution in [0.5, 0.6) is 0 Å². The number of allylic oxidation sites excluding steroid dienone is 1. The lowest BCUT2D eigenvalue weighted by Crippen LogP contribution is -2.27. The number of nitrogens with zero attached hydrogens (tertiary/aromatic N) is 1. The van der Waals surface area contributed by atoms with Crippen molar-refractivity contribution in [2.45, 2.75) is 19.4 Å². The van der Waals surface area contributed by atoms with Gasteiger partial charge in [0, 0.05) is 5.70 Å². The standard InChI is InChI=1S/C15H17BrClN3O3/c1-8(9-3-4-9)20-13(15(21)22-2)12(17)14(18)19-7-11-10(16)5-6-23-11/h5-6,9,20H,1,3-4,7H2,2H3,(H2,18,19). The molecule has 1 saturated carbocycles. The molecule has 0 bridgehead atoms. The number of nitrogens with one attached hydrogen (secondary N) is 1. The highest BCUT2D eigenvalue weighted by Crippen LogP contribution is 2.34. The number of hydrogen-bond acceptors (Lipinski definition) is 5. The van der Waals surface area contributed by atoms with Gasteiger partial charge < -0.3 is 20.2 Å². The van der Waals surface area contributed by atoms with Gasteiger partial charge in [-0.15, -0.1) is 0 Å². The fourth-order valence-corrected chi connectivity index (χ4v) is 2.30. The average Bonchev–Trinajstić information content (AvgIpc) is 3.32. The molecule has 0 amide bonds. The Morgan fingerprint density at radius 2 is 2.35 bits per heavy atom. The van der Waals surface area contributed by atoms with Crippen LogP contribution in [0, 0.1) is 5.92 Å². The molecule has 1 aromatic heterocycles. The van der Waals surface area contributed by atoms with E-state index in [1.165, 1.54) is 13.4 Å². The van der Waals surface area contributed by atoms with Gasteiger partial charge in [-0.2, -0.15) is 0 Å². The Bertz CT molecular complexity index is 677. The molecule has 124 valence electrons. The van der Waals surface area contributed by atoms with E-state index in [0.29, 0.717) is 17.4 Å². The summed E-state index contributed by atoms with van der Waals surface area (Å²) in [5, 5.41) is 2.89. The second-order valence-corrected chi connectivity index (χ2v) is 6.23. The number of furan rings is 1. The summed E-state index contributed by atoms with van der Waals surface area (Å²) in [6.45, 7) is 4.09. The number of nitrogens with two attached hydrogens (primary N) is 1. The fourth-order valence-electron chi connectivity index (χ4n) is 1.78. The molecule has 0 unspecified atom stereocenters. The van der Waals surface area contributed by atoms with E-state index in [0.717, 1.165) is 17.3 Å². The Kier molecular flexibility index (Phi) is 5.90. The Morgan fingerprint density at radius 1 is 1.65 bits per heavy atom. The number of rotatable bonds is 7. The summed E-state index contributed by atoms with van der Waals surface area (Å²) in [6.07, 6.45) is 3.60. The van der Waals surface area contributed by atoms with Crippen molar-refractivity contribution in [3.05, 3.63) is 45.6 Å². The van der Waals surface area contributed by atoms with Crippen molar-refractivity contribution in [1.29, 1.82) is 0 Å². The number of carbonyl (C=O) groups excluding carboxylic acids is 1. The van der Waals surface area contributed by atoms with Gasteiger partial charge in [0.2, 0.25) is 0 Å². The summed E-state index contributed by atoms with van der Waals surface area (Å²) in [7, 11) is 1.27. The zero-order valence-electron chi connectivity index (χ0n) is 12.6. The average molecular weight is 403 g/mol. The van der Waals surface area contributed by atoms with Crippen molar-refractivity contribution in [3.8, 4) is 0 Å². The SMILES string of the molecule is C=C(NC(C(=O)OC)=C(Cl)C(N)=NCc1occc1Br)C1CC1. The molecule has 0 aliphatic heterocycles. The van der Waals surface area contributed by atoms with Crippen LogP contribution in [-0.2, 0) is 16.1 Å². The zero-order valence-corrected chi connectivity index (χ0v) is 14.9. The molecular weight excluding hydrogens is 386 g/mol. The van der Waals surface area contributed by atoms with E-state index in [1.54, 1.807) is 6.07 Å². The van der Waals surface area contributed by atoms with E-state index >= 15 is 0 Å². The largest absolute Gasteiger partial charge is 0.466 e. The van der Waals surface area contributed by atoms with Crippen molar-refractivity contribution in [2.24, 2.45) is 16.6 Å². The lowest BCUT2D eigenvalue weighted by Gasteiger charge is -2.13. The summed E-state index contributed by atoms with van der Waals surface area (Å²) in [5.74, 6) is 0.323. The summed E-state index contributed by atoms with van der Waals surface area (Å²) in [5.41, 5.74) is 6.62. The molecule has 0 atom stereocenters. The van der Waals surface area contributed by atoms with E-state index in [1.807, 2.05) is 0 Å². The first-order chi connectivity index (χ1) is 10.9. The minimum absolute atomic E-state index is 0.00598. The molecule has 1 aliphatic rings. The maximum Gasteiger partial charge on any atom is 0.356 e. The Labute approximate surface area is 147 Å². The van der Waals surface area contributed by atoms with Crippen LogP contribution in [0.1, 0.15) is 18.6 Å². The third kappa shape index (κ3) is 4.62. The lowest BCUT2D eigenvalue weighted by molar-refractivity contribution is -0.136. The highest BCUT2D eigenvalue weighted by molar-refractivity contribution is 9.10. The topological polar surface area (TPSA) is 89.8 Å². The quantitative estimate of drug-likeness (QED) is 0.317. The van der Waals surface area contributed by atoms with Crippen LogP contribution in [0.4, 0.5) is 0 Å². The van der Waals surface area contributed by atoms with Crippen molar-refractivity contribution in [2.75, 3.05) is 7.11 Å². The molecule has 1 aliphatic carbocycles. The Hall–Kier alpha value is -1.73. The zero-order chi connectivity index (χ0) is 17.0. The second kappa shape index (κ2) is 7.70. The van der Waals surface area contributed by atoms with Crippen LogP contribution >= 0.6 is 27.5 Å². The van der Waals surface area contributed by atoms with Gasteiger partial charge in [0.25, 0.3) is 0 Å². The molecule has 8 heteroatoms. The number of ether oxygens (including phenoxy) is 1. The predicted octanol–water partition coefficient (Wildman–Crippen LogP) is 3.04. The van der Waals surface area contributed by atoms with Crippen molar-refractivity contribution in [3.63, 3.8) is 0 Å². The first kappa shape index (κ1) is 17.6. The van der Waals surface area contributed by atoms with Crippen molar-refractivity contribution < 1.29 is 13.9 Å². The maximum absolute atomic E-state index is 11.9. The molecule has 0 spiro atoms. The summed E-state index contributed by atoms with van der Waals surface area (Å²) in [6, 6.07) is 1.75. The third-order valence-corrected chi connectivity index (χ3v) is 4.36. The molecule has 23 heavy (non-hydrogen) atoms. The molecule has 0 saturated heterocycles. The summed E-state index contributed by atoms with van der Waals surface area (Å²) < 4.78 is 10.8. The van der Waals surface area contributed by atoms with Crippen LogP contribution in [0.3, 0.4) is 0 Å². The molecule has 1 fully saturated rings. The third-order valence-electron chi connectivity index (χ3n) is 3.27. The number of esters is 1. The Morgan fingerprint density at radius 3 is 2.87 bits per heavy atom. The number of amidine groups is 1. The number of carbonyl (C=O) groups is 1. The van der Waals surface area contributed by atoms with Gasteiger partial charge in [-0.25, -0.2) is 4.79 Å². The second-order valence-electron chi connectivity index (χ2n) is 5.00. The normalized spacial score (nSPS) is 15.9. The first-order valence-electron chi connectivity index (χ1n) is 6.90. The van der Waals surface area contributed by atoms with Crippen molar-refractivity contribution in [1.82, 2.24) is 5.32 Å². The monoisotopic (exact) mass is 401 g/mol. The summed E-state index contributed by atoms with van der Waals surface area (Å²) >= 11 is 9.52. The van der Waals surface area contributed by atoms with Gasteiger partial charge in [0.05, 0.1) is 17.8 Å². The van der Waals surface area contributed by atoms with Gasteiger partial charge in [0.1, 0.15) is 28.9 Å². The van der Waals surface area contributed by atoms with E-state index < -0.39 is 5.97 Å². The van der Waals surface area contributed by atoms with Gasteiger partial charge in [-0.05, 0) is 40.8 Å². The predicted molar refractivity (Wildman–Crippen MR) is 91.6 cm³/mol. The van der Waals surface area contributed by atoms with E-state index in [2.05, 4.69) is 32.8 Å². The van der Waals surface area contributed by atoms with Crippen molar-refractivity contribution >= 4 is 39.3 Å². The lowest BCUT2D eigenvalue weighted by atomic mass is 10.3. The minimum atomic E-state index is -0.630. The van der Waals surface area contributed by atoms with E-state index in [-0.39, 0.29) is 23.1 Å². The van der Waals surface area contributed by atoms with Crippen LogP contribution in [0.2, 0.25) is 0 Å². The molecule has 2 rings (SSSR count). The molecule has 3 N–H and O–H groups in total. The molecule has 6 nitrogen and oxygen atoms in total. The van der Waals surface area contributed by atoms with Gasteiger partial charge in [0.15, 0.2) is 0 Å². The number of aliphatic imine (C=N–C) groups is 1. The minimum Gasteiger partial charge on any atom is -0.466 e. The highest BCUT2D eigenvalue weighted by atomic mass is 79.9. The molecule has 1 aromatic rings. The number of methoxy groups -OCH3 is 1. The number of halogens is 2. The number of hydrogen-bond donors (Lipinski definition) is 2. The van der Waals surface area contributed by atoms with Crippen LogP contribution < -0.4 is 11.1 Å². The van der Waals surface area contributed by atoms with Gasteiger partial charge in [-0.1, -0.05) is 18.2 Å². The van der Waals surface area contributed by atoms with Crippen LogP contribution in [0.25, 0.3) is 0 Å². The first-order valence-corrected chi connectivity index (χ1v) is 8.07. The maximum atomic E-state index is 11.9. The molecular formula is C15H17BrClN3O3. The van der Waals surface area contributed by atoms with E-state index in [9.17, 15) is 4.79 Å². The Balaban J connectivity index is 2.18. The summed E-state index contributed by atoms with van der Waals surface area (Å²) in [4.78, 5) is 16.1. The molecule has 0 aromatic carbocycles. The fraction of sp³-hybridized carbons (Fsp3) is 0.333. The van der Waals surface area contributed by atoms with Gasteiger partial charge >= 0.3 is 5.97 Å².